The minimum absolute atomic E-state index is 0.0165. The molecule has 0 amide bonds. The molecule has 0 unspecified atom stereocenters. The number of aromatic nitrogens is 1. The van der Waals surface area contributed by atoms with E-state index >= 15 is 0 Å². The Bertz CT molecular complexity index is 1280. The van der Waals surface area contributed by atoms with E-state index in [1.165, 1.54) is 7.11 Å². The van der Waals surface area contributed by atoms with Gasteiger partial charge in [0.05, 0.1) is 29.6 Å². The van der Waals surface area contributed by atoms with E-state index in [0.717, 1.165) is 35.3 Å². The third kappa shape index (κ3) is 4.95. The van der Waals surface area contributed by atoms with Crippen LogP contribution < -0.4 is 11.1 Å². The van der Waals surface area contributed by atoms with Crippen molar-refractivity contribution < 1.29 is 14.6 Å². The van der Waals surface area contributed by atoms with Gasteiger partial charge in [0.1, 0.15) is 0 Å². The van der Waals surface area contributed by atoms with Gasteiger partial charge in [0.25, 0.3) is 0 Å². The molecule has 7 heteroatoms. The lowest BCUT2D eigenvalue weighted by Gasteiger charge is -2.09. The number of aromatic amines is 1. The Hall–Kier alpha value is -3.94. The van der Waals surface area contributed by atoms with Crippen LogP contribution in [0.2, 0.25) is 0 Å². The Balaban J connectivity index is 1.78. The molecule has 0 atom stereocenters. The summed E-state index contributed by atoms with van der Waals surface area (Å²) in [5, 5.41) is 14.9. The number of benzene rings is 3. The van der Waals surface area contributed by atoms with E-state index in [9.17, 15) is 9.90 Å². The van der Waals surface area contributed by atoms with Gasteiger partial charge in [-0.2, -0.15) is 0 Å². The standard InChI is InChI=1S/C26H26N4O3/c1-33-26(32)19-9-12-21-22(15-19)30-25(31)23(21)24(18-5-3-2-4-6-18)29-20-10-7-17(8-11-20)16-28-14-13-27/h2-12,15,28,30-31H,13-14,16,27H2,1H3. The highest BCUT2D eigenvalue weighted by Gasteiger charge is 2.20. The van der Waals surface area contributed by atoms with Crippen LogP contribution in [0.25, 0.3) is 10.9 Å². The molecule has 1 heterocycles. The number of fused-ring (bicyclic) bond motifs is 1. The van der Waals surface area contributed by atoms with Crippen molar-refractivity contribution in [3.63, 3.8) is 0 Å². The molecule has 1 aromatic heterocycles. The van der Waals surface area contributed by atoms with E-state index in [4.69, 9.17) is 15.5 Å². The zero-order valence-corrected chi connectivity index (χ0v) is 18.3. The van der Waals surface area contributed by atoms with Crippen LogP contribution in [0, 0.1) is 0 Å². The fourth-order valence-corrected chi connectivity index (χ4v) is 3.68. The normalized spacial score (nSPS) is 11.6. The van der Waals surface area contributed by atoms with E-state index in [2.05, 4.69) is 10.3 Å². The van der Waals surface area contributed by atoms with Gasteiger partial charge in [0.2, 0.25) is 0 Å². The molecule has 0 radical (unpaired) electrons. The predicted octanol–water partition coefficient (Wildman–Crippen LogP) is 3.88. The van der Waals surface area contributed by atoms with Crippen molar-refractivity contribution in [3.05, 3.63) is 95.1 Å². The number of nitrogens with zero attached hydrogens (tertiary/aromatic N) is 1. The summed E-state index contributed by atoms with van der Waals surface area (Å²) in [4.78, 5) is 19.8. The van der Waals surface area contributed by atoms with Crippen LogP contribution in [-0.4, -0.2) is 42.0 Å². The molecule has 0 saturated heterocycles. The van der Waals surface area contributed by atoms with Gasteiger partial charge >= 0.3 is 5.97 Å². The molecule has 0 aliphatic carbocycles. The number of hydrogen-bond acceptors (Lipinski definition) is 6. The Morgan fingerprint density at radius 2 is 1.82 bits per heavy atom. The predicted molar refractivity (Wildman–Crippen MR) is 130 cm³/mol. The SMILES string of the molecule is COC(=O)c1ccc2c(C(=Nc3ccc(CNCCN)cc3)c3ccccc3)c(O)[nH]c2c1. The number of rotatable bonds is 8. The summed E-state index contributed by atoms with van der Waals surface area (Å²) in [6, 6.07) is 22.7. The molecule has 33 heavy (non-hydrogen) atoms. The van der Waals surface area contributed by atoms with Gasteiger partial charge in [-0.1, -0.05) is 48.5 Å². The molecule has 5 N–H and O–H groups in total. The number of H-pyrrole nitrogens is 1. The third-order valence-corrected chi connectivity index (χ3v) is 5.31. The molecule has 0 fully saturated rings. The molecule has 168 valence electrons. The van der Waals surface area contributed by atoms with Crippen molar-refractivity contribution in [1.29, 1.82) is 0 Å². The molecule has 7 nitrogen and oxygen atoms in total. The minimum atomic E-state index is -0.439. The van der Waals surface area contributed by atoms with Crippen LogP contribution in [0.3, 0.4) is 0 Å². The average molecular weight is 443 g/mol. The minimum Gasteiger partial charge on any atom is -0.494 e. The van der Waals surface area contributed by atoms with Crippen molar-refractivity contribution in [3.8, 4) is 5.88 Å². The van der Waals surface area contributed by atoms with Gasteiger partial charge in [0, 0.05) is 36.1 Å². The number of nitrogens with two attached hydrogens (primary N) is 1. The smallest absolute Gasteiger partial charge is 0.337 e. The summed E-state index contributed by atoms with van der Waals surface area (Å²) in [6.07, 6.45) is 0. The summed E-state index contributed by atoms with van der Waals surface area (Å²) in [6.45, 7) is 2.09. The maximum atomic E-state index is 11.9. The second-order valence-corrected chi connectivity index (χ2v) is 7.56. The van der Waals surface area contributed by atoms with Crippen LogP contribution in [-0.2, 0) is 11.3 Å². The summed E-state index contributed by atoms with van der Waals surface area (Å²) in [5.74, 6) is -0.456. The van der Waals surface area contributed by atoms with Crippen molar-refractivity contribution in [1.82, 2.24) is 10.3 Å². The first-order chi connectivity index (χ1) is 16.1. The lowest BCUT2D eigenvalue weighted by molar-refractivity contribution is 0.0601. The van der Waals surface area contributed by atoms with E-state index in [-0.39, 0.29) is 5.88 Å². The highest BCUT2D eigenvalue weighted by molar-refractivity contribution is 6.22. The Morgan fingerprint density at radius 1 is 1.06 bits per heavy atom. The first-order valence-electron chi connectivity index (χ1n) is 10.7. The maximum Gasteiger partial charge on any atom is 0.337 e. The number of nitrogens with one attached hydrogen (secondary N) is 2. The van der Waals surface area contributed by atoms with Crippen LogP contribution >= 0.6 is 0 Å². The van der Waals surface area contributed by atoms with Crippen LogP contribution in [0.15, 0.2) is 77.8 Å². The number of methoxy groups -OCH3 is 1. The summed E-state index contributed by atoms with van der Waals surface area (Å²) in [5.41, 5.74) is 10.5. The Labute approximate surface area is 191 Å². The molecule has 0 spiro atoms. The second kappa shape index (κ2) is 10.1. The van der Waals surface area contributed by atoms with Crippen LogP contribution in [0.1, 0.15) is 27.0 Å². The van der Waals surface area contributed by atoms with Gasteiger partial charge in [0.15, 0.2) is 5.88 Å². The van der Waals surface area contributed by atoms with E-state index < -0.39 is 5.97 Å². The lowest BCUT2D eigenvalue weighted by atomic mass is 10.00. The number of carbonyl (C=O) groups is 1. The molecule has 0 bridgehead atoms. The second-order valence-electron chi connectivity index (χ2n) is 7.56. The monoisotopic (exact) mass is 442 g/mol. The van der Waals surface area contributed by atoms with Gasteiger partial charge in [-0.05, 0) is 29.8 Å². The Morgan fingerprint density at radius 3 is 2.52 bits per heavy atom. The largest absolute Gasteiger partial charge is 0.494 e. The molecular weight excluding hydrogens is 416 g/mol. The topological polar surface area (TPSA) is 113 Å². The fraction of sp³-hybridized carbons (Fsp3) is 0.154. The lowest BCUT2D eigenvalue weighted by Crippen LogP contribution is -2.21. The number of hydrogen-bond donors (Lipinski definition) is 4. The quantitative estimate of drug-likeness (QED) is 0.188. The van der Waals surface area contributed by atoms with Crippen LogP contribution in [0.4, 0.5) is 5.69 Å². The summed E-state index contributed by atoms with van der Waals surface area (Å²) >= 11 is 0. The number of esters is 1. The van der Waals surface area contributed by atoms with Crippen LogP contribution in [0.5, 0.6) is 5.88 Å². The third-order valence-electron chi connectivity index (χ3n) is 5.31. The summed E-state index contributed by atoms with van der Waals surface area (Å²) < 4.78 is 4.81. The molecule has 0 saturated carbocycles. The van der Waals surface area contributed by atoms with Gasteiger partial charge < -0.3 is 25.9 Å². The number of aliphatic imine (C=N–C) groups is 1. The zero-order chi connectivity index (χ0) is 23.2. The molecule has 4 rings (SSSR count). The summed E-state index contributed by atoms with van der Waals surface area (Å²) in [7, 11) is 1.34. The molecule has 0 aliphatic rings. The van der Waals surface area contributed by atoms with E-state index in [1.807, 2.05) is 54.6 Å². The molecule has 0 aliphatic heterocycles. The first-order valence-corrected chi connectivity index (χ1v) is 10.7. The number of aromatic hydroxyl groups is 1. The highest BCUT2D eigenvalue weighted by atomic mass is 16.5. The first kappa shape index (κ1) is 22.3. The molecule has 3 aromatic carbocycles. The maximum absolute atomic E-state index is 11.9. The highest BCUT2D eigenvalue weighted by Crippen LogP contribution is 2.32. The molecular formula is C26H26N4O3. The Kier molecular flexibility index (Phi) is 6.83. The van der Waals surface area contributed by atoms with Gasteiger partial charge in [-0.25, -0.2) is 9.79 Å². The number of carbonyl (C=O) groups excluding carboxylic acids is 1. The van der Waals surface area contributed by atoms with Crippen molar-refractivity contribution in [2.45, 2.75) is 6.54 Å². The number of ether oxygens (including phenoxy) is 1. The van der Waals surface area contributed by atoms with Gasteiger partial charge in [-0.15, -0.1) is 0 Å². The molecule has 4 aromatic rings. The van der Waals surface area contributed by atoms with E-state index in [1.54, 1.807) is 18.2 Å². The fourth-order valence-electron chi connectivity index (χ4n) is 3.68. The average Bonchev–Trinajstić information content (AvgIpc) is 3.18. The van der Waals surface area contributed by atoms with Crippen molar-refractivity contribution in [2.75, 3.05) is 20.2 Å². The van der Waals surface area contributed by atoms with E-state index in [0.29, 0.717) is 28.9 Å². The zero-order valence-electron chi connectivity index (χ0n) is 18.3. The van der Waals surface area contributed by atoms with Crippen molar-refractivity contribution in [2.24, 2.45) is 10.7 Å². The van der Waals surface area contributed by atoms with Crippen molar-refractivity contribution >= 4 is 28.3 Å². The van der Waals surface area contributed by atoms with Gasteiger partial charge in [-0.3, -0.25) is 0 Å².